The molecule has 0 fully saturated rings. The predicted molar refractivity (Wildman–Crippen MR) is 113 cm³/mol. The second-order valence-electron chi connectivity index (χ2n) is 7.59. The molecule has 1 N–H and O–H groups in total. The van der Waals surface area contributed by atoms with E-state index in [1.807, 2.05) is 50.2 Å². The average molecular weight is 372 g/mol. The number of nitrogens with one attached hydrogen (secondary N) is 1. The van der Waals surface area contributed by atoms with Gasteiger partial charge in [-0.1, -0.05) is 42.5 Å². The van der Waals surface area contributed by atoms with E-state index in [9.17, 15) is 9.59 Å². The van der Waals surface area contributed by atoms with Crippen LogP contribution in [0.5, 0.6) is 0 Å². The van der Waals surface area contributed by atoms with Crippen LogP contribution in [0, 0.1) is 13.8 Å². The van der Waals surface area contributed by atoms with E-state index in [4.69, 9.17) is 0 Å². The molecule has 3 aromatic rings. The van der Waals surface area contributed by atoms with Crippen LogP contribution >= 0.6 is 0 Å². The summed E-state index contributed by atoms with van der Waals surface area (Å²) in [6, 6.07) is 16.0. The van der Waals surface area contributed by atoms with E-state index in [0.717, 1.165) is 35.0 Å². The minimum atomic E-state index is -0.195. The number of anilines is 1. The van der Waals surface area contributed by atoms with E-state index in [1.54, 1.807) is 7.05 Å². The first-order valence-electron chi connectivity index (χ1n) is 9.60. The molecule has 0 spiro atoms. The largest absolute Gasteiger partial charge is 0.332 e. The number of para-hydroxylation sites is 1. The van der Waals surface area contributed by atoms with Gasteiger partial charge >= 0.3 is 0 Å². The maximum Gasteiger partial charge on any atom is 0.254 e. The third kappa shape index (κ3) is 3.15. The highest BCUT2D eigenvalue weighted by molar-refractivity contribution is 6.10. The number of hydrogen-bond acceptors (Lipinski definition) is 2. The molecule has 0 heterocycles. The van der Waals surface area contributed by atoms with Gasteiger partial charge in [0.1, 0.15) is 0 Å². The number of likely N-dealkylation sites (N-methyl/N-ethyl adjacent to an activating group) is 1. The van der Waals surface area contributed by atoms with E-state index in [-0.39, 0.29) is 18.4 Å². The van der Waals surface area contributed by atoms with Gasteiger partial charge in [-0.3, -0.25) is 9.59 Å². The number of aryl methyl sites for hydroxylation is 4. The van der Waals surface area contributed by atoms with Gasteiger partial charge in [-0.05, 0) is 65.8 Å². The Balaban J connectivity index is 1.55. The highest BCUT2D eigenvalue weighted by Gasteiger charge is 2.22. The second-order valence-corrected chi connectivity index (χ2v) is 7.59. The standard InChI is InChI=1S/C24H24N2O2/c1-15-6-4-7-16(2)23(15)25-21(27)14-26(3)24(28)20-13-12-18-11-10-17-8-5-9-19(20)22(17)18/h4-9,12-13H,10-11,14H2,1-3H3,(H,25,27). The average Bonchev–Trinajstić information content (AvgIpc) is 3.10. The first-order valence-corrected chi connectivity index (χ1v) is 9.60. The maximum absolute atomic E-state index is 13.1. The SMILES string of the molecule is Cc1cccc(C)c1NC(=O)CN(C)C(=O)c1ccc2c3c(cccc13)CC2. The Bertz CT molecular complexity index is 1070. The van der Waals surface area contributed by atoms with Crippen molar-refractivity contribution >= 4 is 28.3 Å². The highest BCUT2D eigenvalue weighted by Crippen LogP contribution is 2.33. The van der Waals surface area contributed by atoms with Gasteiger partial charge in [0.25, 0.3) is 5.91 Å². The van der Waals surface area contributed by atoms with Gasteiger partial charge in [-0.25, -0.2) is 0 Å². The molecule has 4 nitrogen and oxygen atoms in total. The van der Waals surface area contributed by atoms with Crippen LogP contribution in [0.15, 0.2) is 48.5 Å². The summed E-state index contributed by atoms with van der Waals surface area (Å²) < 4.78 is 0. The molecule has 2 amide bonds. The lowest BCUT2D eigenvalue weighted by Gasteiger charge is -2.19. The molecule has 142 valence electrons. The zero-order chi connectivity index (χ0) is 19.8. The van der Waals surface area contributed by atoms with Gasteiger partial charge in [0.2, 0.25) is 5.91 Å². The molecular weight excluding hydrogens is 348 g/mol. The molecule has 3 aromatic carbocycles. The van der Waals surface area contributed by atoms with Crippen molar-refractivity contribution in [1.82, 2.24) is 4.90 Å². The normalized spacial score (nSPS) is 12.2. The molecule has 0 aromatic heterocycles. The minimum absolute atomic E-state index is 0.00947. The summed E-state index contributed by atoms with van der Waals surface area (Å²) in [6.07, 6.45) is 2.05. The summed E-state index contributed by atoms with van der Waals surface area (Å²) in [6.45, 7) is 3.93. The summed E-state index contributed by atoms with van der Waals surface area (Å²) in [5, 5.41) is 5.14. The fraction of sp³-hybridized carbons (Fsp3) is 0.250. The van der Waals surface area contributed by atoms with Crippen molar-refractivity contribution in [1.29, 1.82) is 0 Å². The van der Waals surface area contributed by atoms with E-state index in [2.05, 4.69) is 17.4 Å². The van der Waals surface area contributed by atoms with E-state index >= 15 is 0 Å². The van der Waals surface area contributed by atoms with Crippen LogP contribution in [0.2, 0.25) is 0 Å². The number of benzene rings is 3. The number of carbonyl (C=O) groups is 2. The number of amides is 2. The molecule has 1 aliphatic carbocycles. The van der Waals surface area contributed by atoms with E-state index in [0.29, 0.717) is 5.56 Å². The van der Waals surface area contributed by atoms with Crippen LogP contribution in [-0.2, 0) is 17.6 Å². The first kappa shape index (κ1) is 18.2. The van der Waals surface area contributed by atoms with Gasteiger partial charge in [0, 0.05) is 18.3 Å². The number of nitrogens with zero attached hydrogens (tertiary/aromatic N) is 1. The molecule has 4 heteroatoms. The monoisotopic (exact) mass is 372 g/mol. The van der Waals surface area contributed by atoms with Crippen LogP contribution in [0.3, 0.4) is 0 Å². The fourth-order valence-electron chi connectivity index (χ4n) is 4.12. The summed E-state index contributed by atoms with van der Waals surface area (Å²) in [7, 11) is 1.68. The Morgan fingerprint density at radius 2 is 1.57 bits per heavy atom. The van der Waals surface area contributed by atoms with Gasteiger partial charge in [-0.15, -0.1) is 0 Å². The molecule has 1 aliphatic rings. The number of hydrogen-bond donors (Lipinski definition) is 1. The summed E-state index contributed by atoms with van der Waals surface area (Å²) in [4.78, 5) is 27.1. The van der Waals surface area contributed by atoms with Gasteiger partial charge in [0.05, 0.1) is 6.54 Å². The summed E-state index contributed by atoms with van der Waals surface area (Å²) in [5.74, 6) is -0.327. The molecular formula is C24H24N2O2. The maximum atomic E-state index is 13.1. The molecule has 0 bridgehead atoms. The molecule has 0 saturated heterocycles. The number of carbonyl (C=O) groups excluding carboxylic acids is 2. The molecule has 0 aliphatic heterocycles. The van der Waals surface area contributed by atoms with Crippen molar-refractivity contribution in [3.05, 3.63) is 76.3 Å². The van der Waals surface area contributed by atoms with Crippen molar-refractivity contribution in [3.63, 3.8) is 0 Å². The third-order valence-corrected chi connectivity index (χ3v) is 5.58. The Hall–Kier alpha value is -3.14. The molecule has 4 rings (SSSR count). The van der Waals surface area contributed by atoms with Crippen LogP contribution < -0.4 is 5.32 Å². The van der Waals surface area contributed by atoms with E-state index in [1.165, 1.54) is 21.4 Å². The molecule has 0 saturated carbocycles. The molecule has 28 heavy (non-hydrogen) atoms. The lowest BCUT2D eigenvalue weighted by molar-refractivity contribution is -0.116. The van der Waals surface area contributed by atoms with Crippen LogP contribution in [0.4, 0.5) is 5.69 Å². The third-order valence-electron chi connectivity index (χ3n) is 5.58. The first-order chi connectivity index (χ1) is 13.5. The fourth-order valence-corrected chi connectivity index (χ4v) is 4.12. The summed E-state index contributed by atoms with van der Waals surface area (Å²) in [5.41, 5.74) is 6.10. The Labute approximate surface area is 165 Å². The topological polar surface area (TPSA) is 49.4 Å². The quantitative estimate of drug-likeness (QED) is 0.744. The van der Waals surface area contributed by atoms with Crippen molar-refractivity contribution in [2.75, 3.05) is 18.9 Å². The smallest absolute Gasteiger partial charge is 0.254 e. The van der Waals surface area contributed by atoms with Crippen LogP contribution in [0.1, 0.15) is 32.6 Å². The lowest BCUT2D eigenvalue weighted by Crippen LogP contribution is -2.35. The minimum Gasteiger partial charge on any atom is -0.332 e. The van der Waals surface area contributed by atoms with Crippen molar-refractivity contribution in [2.24, 2.45) is 0 Å². The molecule has 0 unspecified atom stereocenters. The lowest BCUT2D eigenvalue weighted by atomic mass is 9.99. The second kappa shape index (κ2) is 7.12. The van der Waals surface area contributed by atoms with Gasteiger partial charge in [-0.2, -0.15) is 0 Å². The summed E-state index contributed by atoms with van der Waals surface area (Å²) >= 11 is 0. The van der Waals surface area contributed by atoms with Crippen molar-refractivity contribution in [3.8, 4) is 0 Å². The highest BCUT2D eigenvalue weighted by atomic mass is 16.2. The van der Waals surface area contributed by atoms with Crippen LogP contribution in [-0.4, -0.2) is 30.3 Å². The zero-order valence-corrected chi connectivity index (χ0v) is 16.5. The zero-order valence-electron chi connectivity index (χ0n) is 16.5. The molecule has 0 atom stereocenters. The van der Waals surface area contributed by atoms with Crippen molar-refractivity contribution < 1.29 is 9.59 Å². The van der Waals surface area contributed by atoms with Gasteiger partial charge in [0.15, 0.2) is 0 Å². The number of rotatable bonds is 4. The Morgan fingerprint density at radius 3 is 2.29 bits per heavy atom. The van der Waals surface area contributed by atoms with Gasteiger partial charge < -0.3 is 10.2 Å². The predicted octanol–water partition coefficient (Wildman–Crippen LogP) is 4.27. The van der Waals surface area contributed by atoms with Crippen LogP contribution in [0.25, 0.3) is 10.8 Å². The molecule has 0 radical (unpaired) electrons. The Morgan fingerprint density at radius 1 is 0.929 bits per heavy atom. The van der Waals surface area contributed by atoms with E-state index < -0.39 is 0 Å². The van der Waals surface area contributed by atoms with Crippen molar-refractivity contribution in [2.45, 2.75) is 26.7 Å². The Kier molecular flexibility index (Phi) is 4.63.